The van der Waals surface area contributed by atoms with Gasteiger partial charge in [0.25, 0.3) is 11.8 Å². The largest absolute Gasteiger partial charge is 0.478 e. The van der Waals surface area contributed by atoms with Crippen LogP contribution < -0.4 is 16.4 Å². The summed E-state index contributed by atoms with van der Waals surface area (Å²) >= 11 is 0. The number of nitrogens with one attached hydrogen (secondary N) is 3. The Bertz CT molecular complexity index is 1270. The molecule has 8 heteroatoms. The second-order valence-electron chi connectivity index (χ2n) is 8.37. The summed E-state index contributed by atoms with van der Waals surface area (Å²) in [7, 11) is 0. The van der Waals surface area contributed by atoms with E-state index in [0.29, 0.717) is 28.9 Å². The van der Waals surface area contributed by atoms with E-state index in [2.05, 4.69) is 17.6 Å². The van der Waals surface area contributed by atoms with Gasteiger partial charge >= 0.3 is 5.97 Å². The third-order valence-corrected chi connectivity index (χ3v) is 5.74. The molecule has 3 rings (SSSR count). The van der Waals surface area contributed by atoms with Crippen LogP contribution in [0, 0.1) is 5.41 Å². The van der Waals surface area contributed by atoms with E-state index in [1.807, 2.05) is 0 Å². The maximum Gasteiger partial charge on any atom is 0.336 e. The van der Waals surface area contributed by atoms with Gasteiger partial charge in [-0.25, -0.2) is 4.79 Å². The van der Waals surface area contributed by atoms with Crippen LogP contribution in [0.25, 0.3) is 11.1 Å². The zero-order chi connectivity index (χ0) is 26.1. The molecule has 0 fully saturated rings. The number of hydrogen-bond acceptors (Lipinski definition) is 4. The summed E-state index contributed by atoms with van der Waals surface area (Å²) in [6, 6.07) is 17.7. The number of nitrogens with two attached hydrogens (primary N) is 1. The van der Waals surface area contributed by atoms with E-state index in [1.54, 1.807) is 60.7 Å². The molecule has 0 aliphatic carbocycles. The summed E-state index contributed by atoms with van der Waals surface area (Å²) in [5, 5.41) is 23.0. The number of carbonyl (C=O) groups excluding carboxylic acids is 2. The Morgan fingerprint density at radius 2 is 1.50 bits per heavy atom. The van der Waals surface area contributed by atoms with Gasteiger partial charge in [-0.15, -0.1) is 0 Å². The molecule has 0 aromatic heterocycles. The number of aromatic carboxylic acids is 1. The van der Waals surface area contributed by atoms with Crippen molar-refractivity contribution < 1.29 is 19.5 Å². The highest BCUT2D eigenvalue weighted by Gasteiger charge is 2.20. The fourth-order valence-corrected chi connectivity index (χ4v) is 3.80. The van der Waals surface area contributed by atoms with Crippen LogP contribution in [-0.2, 0) is 0 Å². The van der Waals surface area contributed by atoms with Gasteiger partial charge in [-0.05, 0) is 60.0 Å². The molecule has 3 aromatic rings. The molecule has 3 aromatic carbocycles. The second kappa shape index (κ2) is 12.3. The van der Waals surface area contributed by atoms with Crippen LogP contribution in [0.15, 0.2) is 66.7 Å². The van der Waals surface area contributed by atoms with Crippen LogP contribution in [0.2, 0.25) is 0 Å². The molecule has 0 radical (unpaired) electrons. The number of carboxylic acid groups (broad SMARTS) is 1. The molecule has 0 aliphatic rings. The molecule has 2 amide bonds. The SMILES string of the molecule is CCCCCCNC(=O)c1ccc(-c2ccccc2C(=O)Nc2ccc(C(=N)N)cc2)c(C(=O)O)c1. The number of benzene rings is 3. The molecule has 0 heterocycles. The molecule has 0 saturated heterocycles. The van der Waals surface area contributed by atoms with Gasteiger partial charge in [-0.2, -0.15) is 0 Å². The van der Waals surface area contributed by atoms with Crippen LogP contribution in [0.3, 0.4) is 0 Å². The quantitative estimate of drug-likeness (QED) is 0.149. The number of unbranched alkanes of at least 4 members (excludes halogenated alkanes) is 3. The molecule has 0 atom stereocenters. The topological polar surface area (TPSA) is 145 Å². The first kappa shape index (κ1) is 26.2. The number of carbonyl (C=O) groups is 3. The van der Waals surface area contributed by atoms with Crippen LogP contribution in [0.4, 0.5) is 5.69 Å². The van der Waals surface area contributed by atoms with E-state index >= 15 is 0 Å². The molecule has 0 spiro atoms. The van der Waals surface area contributed by atoms with Gasteiger partial charge in [0.1, 0.15) is 5.84 Å². The first-order chi connectivity index (χ1) is 17.3. The van der Waals surface area contributed by atoms with E-state index in [9.17, 15) is 19.5 Å². The molecule has 36 heavy (non-hydrogen) atoms. The van der Waals surface area contributed by atoms with Crippen molar-refractivity contribution in [3.05, 3.63) is 89.0 Å². The molecule has 0 aliphatic heterocycles. The average molecular weight is 487 g/mol. The number of amidine groups is 1. The smallest absolute Gasteiger partial charge is 0.336 e. The minimum Gasteiger partial charge on any atom is -0.478 e. The van der Waals surface area contributed by atoms with E-state index in [4.69, 9.17) is 11.1 Å². The number of anilines is 1. The Balaban J connectivity index is 1.85. The van der Waals surface area contributed by atoms with Gasteiger partial charge in [0.05, 0.1) is 5.56 Å². The lowest BCUT2D eigenvalue weighted by Crippen LogP contribution is -2.24. The summed E-state index contributed by atoms with van der Waals surface area (Å²) in [5.74, 6) is -2.03. The van der Waals surface area contributed by atoms with E-state index in [1.165, 1.54) is 6.07 Å². The summed E-state index contributed by atoms with van der Waals surface area (Å²) in [4.78, 5) is 37.7. The first-order valence-corrected chi connectivity index (χ1v) is 11.8. The highest BCUT2D eigenvalue weighted by Crippen LogP contribution is 2.29. The number of rotatable bonds is 11. The second-order valence-corrected chi connectivity index (χ2v) is 8.37. The zero-order valence-electron chi connectivity index (χ0n) is 20.1. The van der Waals surface area contributed by atoms with Gasteiger partial charge in [0.15, 0.2) is 0 Å². The van der Waals surface area contributed by atoms with E-state index in [0.717, 1.165) is 25.7 Å². The Labute approximate surface area is 210 Å². The molecule has 186 valence electrons. The lowest BCUT2D eigenvalue weighted by Gasteiger charge is -2.14. The molecular weight excluding hydrogens is 456 g/mol. The van der Waals surface area contributed by atoms with E-state index < -0.39 is 11.9 Å². The summed E-state index contributed by atoms with van der Waals surface area (Å²) in [6.45, 7) is 2.64. The maximum absolute atomic E-state index is 13.1. The predicted molar refractivity (Wildman–Crippen MR) is 141 cm³/mol. The van der Waals surface area contributed by atoms with Crippen LogP contribution in [-0.4, -0.2) is 35.3 Å². The lowest BCUT2D eigenvalue weighted by molar-refractivity contribution is 0.0697. The van der Waals surface area contributed by atoms with Crippen molar-refractivity contribution in [2.45, 2.75) is 32.6 Å². The third kappa shape index (κ3) is 6.56. The van der Waals surface area contributed by atoms with Crippen molar-refractivity contribution in [3.63, 3.8) is 0 Å². The first-order valence-electron chi connectivity index (χ1n) is 11.8. The average Bonchev–Trinajstić information content (AvgIpc) is 2.88. The van der Waals surface area contributed by atoms with Gasteiger partial charge in [-0.1, -0.05) is 50.5 Å². The van der Waals surface area contributed by atoms with Gasteiger partial charge in [0, 0.05) is 28.9 Å². The minimum absolute atomic E-state index is 0.0697. The number of carboxylic acids is 1. The molecule has 0 saturated carbocycles. The van der Waals surface area contributed by atoms with E-state index in [-0.39, 0.29) is 28.4 Å². The number of hydrogen-bond donors (Lipinski definition) is 5. The lowest BCUT2D eigenvalue weighted by atomic mass is 9.93. The van der Waals surface area contributed by atoms with Crippen molar-refractivity contribution in [3.8, 4) is 11.1 Å². The van der Waals surface area contributed by atoms with Crippen molar-refractivity contribution in [1.82, 2.24) is 5.32 Å². The predicted octanol–water partition coefficient (Wildman–Crippen LogP) is 4.90. The van der Waals surface area contributed by atoms with Crippen molar-refractivity contribution >= 4 is 29.3 Å². The summed E-state index contributed by atoms with van der Waals surface area (Å²) in [6.07, 6.45) is 4.09. The Morgan fingerprint density at radius 1 is 0.833 bits per heavy atom. The highest BCUT2D eigenvalue weighted by atomic mass is 16.4. The fourth-order valence-electron chi connectivity index (χ4n) is 3.80. The Kier molecular flexibility index (Phi) is 8.94. The molecule has 0 bridgehead atoms. The van der Waals surface area contributed by atoms with Gasteiger partial charge in [-0.3, -0.25) is 15.0 Å². The van der Waals surface area contributed by atoms with Crippen molar-refractivity contribution in [2.75, 3.05) is 11.9 Å². The summed E-state index contributed by atoms with van der Waals surface area (Å²) < 4.78 is 0. The Morgan fingerprint density at radius 3 is 2.17 bits per heavy atom. The normalized spacial score (nSPS) is 10.5. The van der Waals surface area contributed by atoms with Crippen LogP contribution in [0.5, 0.6) is 0 Å². The maximum atomic E-state index is 13.1. The fraction of sp³-hybridized carbons (Fsp3) is 0.214. The molecule has 8 nitrogen and oxygen atoms in total. The third-order valence-electron chi connectivity index (χ3n) is 5.74. The van der Waals surface area contributed by atoms with Crippen molar-refractivity contribution in [2.24, 2.45) is 5.73 Å². The van der Waals surface area contributed by atoms with Gasteiger partial charge < -0.3 is 21.5 Å². The monoisotopic (exact) mass is 486 g/mol. The van der Waals surface area contributed by atoms with Crippen molar-refractivity contribution in [1.29, 1.82) is 5.41 Å². The van der Waals surface area contributed by atoms with Gasteiger partial charge in [0.2, 0.25) is 0 Å². The minimum atomic E-state index is -1.20. The zero-order valence-corrected chi connectivity index (χ0v) is 20.1. The highest BCUT2D eigenvalue weighted by molar-refractivity contribution is 6.11. The molecule has 6 N–H and O–H groups in total. The number of amides is 2. The number of nitrogen functional groups attached to an aromatic ring is 1. The van der Waals surface area contributed by atoms with Crippen LogP contribution >= 0.6 is 0 Å². The Hall–Kier alpha value is -4.46. The molecular formula is C28H30N4O4. The molecule has 0 unspecified atom stereocenters. The summed E-state index contributed by atoms with van der Waals surface area (Å²) in [5.41, 5.74) is 7.73. The van der Waals surface area contributed by atoms with Crippen LogP contribution in [0.1, 0.15) is 69.2 Å². The standard InChI is InChI=1S/C28H30N4O4/c1-2-3-4-7-16-31-26(33)19-12-15-22(24(17-19)28(35)36)21-8-5-6-9-23(21)27(34)32-20-13-10-18(11-14-20)25(29)30/h5-6,8-15,17H,2-4,7,16H2,1H3,(H3,29,30)(H,31,33)(H,32,34)(H,35,36).